The van der Waals surface area contributed by atoms with Crippen molar-refractivity contribution in [3.8, 4) is 0 Å². The molecule has 2 fully saturated rings. The Morgan fingerprint density at radius 3 is 2.63 bits per heavy atom. The van der Waals surface area contributed by atoms with Crippen LogP contribution in [0.1, 0.15) is 58.8 Å². The first-order valence-electron chi connectivity index (χ1n) is 10.3. The number of guanidine groups is 1. The molecule has 1 N–H and O–H groups in total. The minimum absolute atomic E-state index is 0. The van der Waals surface area contributed by atoms with Crippen molar-refractivity contribution in [1.82, 2.24) is 10.2 Å². The Balaban J connectivity index is 0.00000364. The molecular formula is C20H38IN3O3. The molecule has 0 aromatic rings. The van der Waals surface area contributed by atoms with Crippen LogP contribution in [-0.2, 0) is 14.3 Å². The third kappa shape index (κ3) is 7.40. The van der Waals surface area contributed by atoms with Gasteiger partial charge in [0.1, 0.15) is 0 Å². The lowest BCUT2D eigenvalue weighted by atomic mass is 9.83. The quantitative estimate of drug-likeness (QED) is 0.242. The Kier molecular flexibility index (Phi) is 11.6. The maximum Gasteiger partial charge on any atom is 0.310 e. The number of hydrogen-bond acceptors (Lipinski definition) is 4. The number of piperidine rings is 1. The molecule has 2 rings (SSSR count). The molecule has 1 heterocycles. The maximum atomic E-state index is 12.1. The van der Waals surface area contributed by atoms with Gasteiger partial charge in [-0.3, -0.25) is 9.79 Å². The second kappa shape index (κ2) is 12.8. The molecule has 27 heavy (non-hydrogen) atoms. The van der Waals surface area contributed by atoms with Gasteiger partial charge in [-0.05, 0) is 51.4 Å². The molecular weight excluding hydrogens is 457 g/mol. The van der Waals surface area contributed by atoms with Gasteiger partial charge in [0.15, 0.2) is 5.96 Å². The molecule has 2 aliphatic rings. The van der Waals surface area contributed by atoms with E-state index in [0.717, 1.165) is 51.5 Å². The number of hydrogen-bond donors (Lipinski definition) is 1. The fourth-order valence-electron chi connectivity index (χ4n) is 4.22. The van der Waals surface area contributed by atoms with Gasteiger partial charge in [-0.25, -0.2) is 0 Å². The number of halogens is 1. The Bertz CT molecular complexity index is 467. The highest BCUT2D eigenvalue weighted by atomic mass is 127. The largest absolute Gasteiger partial charge is 0.466 e. The highest BCUT2D eigenvalue weighted by Crippen LogP contribution is 2.41. The normalized spacial score (nSPS) is 22.3. The van der Waals surface area contributed by atoms with Crippen LogP contribution >= 0.6 is 24.0 Å². The summed E-state index contributed by atoms with van der Waals surface area (Å²) in [6, 6.07) is 0. The van der Waals surface area contributed by atoms with Crippen LogP contribution in [0.3, 0.4) is 0 Å². The van der Waals surface area contributed by atoms with Gasteiger partial charge < -0.3 is 19.7 Å². The first kappa shape index (κ1) is 24.5. The van der Waals surface area contributed by atoms with Crippen LogP contribution in [0.15, 0.2) is 4.99 Å². The van der Waals surface area contributed by atoms with Gasteiger partial charge in [-0.1, -0.05) is 12.8 Å². The molecule has 0 unspecified atom stereocenters. The number of carbonyl (C=O) groups is 1. The summed E-state index contributed by atoms with van der Waals surface area (Å²) in [5.41, 5.74) is 0.285. The van der Waals surface area contributed by atoms with Crippen molar-refractivity contribution in [2.45, 2.75) is 58.8 Å². The van der Waals surface area contributed by atoms with Crippen LogP contribution in [0.2, 0.25) is 0 Å². The summed E-state index contributed by atoms with van der Waals surface area (Å²) < 4.78 is 10.6. The van der Waals surface area contributed by atoms with E-state index in [0.29, 0.717) is 13.2 Å². The van der Waals surface area contributed by atoms with Crippen molar-refractivity contribution < 1.29 is 14.3 Å². The minimum Gasteiger partial charge on any atom is -0.466 e. The van der Waals surface area contributed by atoms with E-state index in [1.165, 1.54) is 25.7 Å². The average Bonchev–Trinajstić information content (AvgIpc) is 3.13. The second-order valence-electron chi connectivity index (χ2n) is 7.66. The molecule has 0 aromatic heterocycles. The number of carbonyl (C=O) groups excluding carboxylic acids is 1. The Morgan fingerprint density at radius 1 is 1.26 bits per heavy atom. The SMILES string of the molecule is CCNC(=NCC1(CCOC)CCCC1)N1CCC[C@@H](C(=O)OCC)C1.I. The molecule has 1 saturated heterocycles. The lowest BCUT2D eigenvalue weighted by Gasteiger charge is -2.35. The molecule has 1 saturated carbocycles. The summed E-state index contributed by atoms with van der Waals surface area (Å²) in [6.45, 7) is 8.56. The highest BCUT2D eigenvalue weighted by molar-refractivity contribution is 14.0. The van der Waals surface area contributed by atoms with Crippen LogP contribution in [0.4, 0.5) is 0 Å². The number of likely N-dealkylation sites (tertiary alicyclic amines) is 1. The van der Waals surface area contributed by atoms with E-state index in [1.807, 2.05) is 6.92 Å². The minimum atomic E-state index is -0.0691. The lowest BCUT2D eigenvalue weighted by molar-refractivity contribution is -0.149. The van der Waals surface area contributed by atoms with E-state index in [9.17, 15) is 4.79 Å². The van der Waals surface area contributed by atoms with Crippen LogP contribution in [0.5, 0.6) is 0 Å². The smallest absolute Gasteiger partial charge is 0.310 e. The summed E-state index contributed by atoms with van der Waals surface area (Å²) in [7, 11) is 1.78. The summed E-state index contributed by atoms with van der Waals surface area (Å²) >= 11 is 0. The van der Waals surface area contributed by atoms with Crippen molar-refractivity contribution in [2.24, 2.45) is 16.3 Å². The molecule has 0 bridgehead atoms. The summed E-state index contributed by atoms with van der Waals surface area (Å²) in [4.78, 5) is 19.4. The number of aliphatic imine (C=N–C) groups is 1. The topological polar surface area (TPSA) is 63.2 Å². The molecule has 1 aliphatic carbocycles. The molecule has 0 amide bonds. The van der Waals surface area contributed by atoms with Crippen LogP contribution in [0, 0.1) is 11.3 Å². The second-order valence-corrected chi connectivity index (χ2v) is 7.66. The van der Waals surface area contributed by atoms with Crippen molar-refractivity contribution in [3.05, 3.63) is 0 Å². The van der Waals surface area contributed by atoms with E-state index in [1.54, 1.807) is 7.11 Å². The molecule has 158 valence electrons. The van der Waals surface area contributed by atoms with Gasteiger partial charge in [0.25, 0.3) is 0 Å². The first-order chi connectivity index (χ1) is 12.6. The number of nitrogens with zero attached hydrogens (tertiary/aromatic N) is 2. The van der Waals surface area contributed by atoms with Crippen LogP contribution in [0.25, 0.3) is 0 Å². The van der Waals surface area contributed by atoms with Gasteiger partial charge in [-0.2, -0.15) is 0 Å². The standard InChI is InChI=1S/C20H37N3O3.HI/c1-4-21-19(22-16-20(12-14-25-3)10-6-7-11-20)23-13-8-9-17(15-23)18(24)26-5-2;/h17H,4-16H2,1-3H3,(H,21,22);1H/t17-;/m1./s1. The van der Waals surface area contributed by atoms with Gasteiger partial charge in [0, 0.05) is 39.9 Å². The van der Waals surface area contributed by atoms with Crippen molar-refractivity contribution in [2.75, 3.05) is 46.5 Å². The molecule has 1 aliphatic heterocycles. The summed E-state index contributed by atoms with van der Waals surface area (Å²) in [6.07, 6.45) is 8.07. The summed E-state index contributed by atoms with van der Waals surface area (Å²) in [5.74, 6) is 0.840. The Labute approximate surface area is 181 Å². The molecule has 0 radical (unpaired) electrons. The predicted octanol–water partition coefficient (Wildman–Crippen LogP) is 3.44. The third-order valence-corrected chi connectivity index (χ3v) is 5.74. The fraction of sp³-hybridized carbons (Fsp3) is 0.900. The Morgan fingerprint density at radius 2 is 2.00 bits per heavy atom. The van der Waals surface area contributed by atoms with Crippen LogP contribution in [-0.4, -0.2) is 63.3 Å². The van der Waals surface area contributed by atoms with E-state index < -0.39 is 0 Å². The number of esters is 1. The zero-order chi connectivity index (χ0) is 18.8. The van der Waals surface area contributed by atoms with Gasteiger partial charge in [0.2, 0.25) is 0 Å². The number of nitrogens with one attached hydrogen (secondary N) is 1. The fourth-order valence-corrected chi connectivity index (χ4v) is 4.22. The van der Waals surface area contributed by atoms with Gasteiger partial charge in [-0.15, -0.1) is 24.0 Å². The molecule has 7 heteroatoms. The average molecular weight is 495 g/mol. The zero-order valence-corrected chi connectivity index (χ0v) is 19.6. The summed E-state index contributed by atoms with van der Waals surface area (Å²) in [5, 5.41) is 3.43. The first-order valence-corrected chi connectivity index (χ1v) is 10.3. The van der Waals surface area contributed by atoms with E-state index in [-0.39, 0.29) is 41.3 Å². The molecule has 0 spiro atoms. The van der Waals surface area contributed by atoms with E-state index in [2.05, 4.69) is 17.1 Å². The van der Waals surface area contributed by atoms with Crippen molar-refractivity contribution in [3.63, 3.8) is 0 Å². The molecule has 1 atom stereocenters. The van der Waals surface area contributed by atoms with Crippen molar-refractivity contribution >= 4 is 35.9 Å². The van der Waals surface area contributed by atoms with Crippen LogP contribution < -0.4 is 5.32 Å². The number of rotatable bonds is 8. The van der Waals surface area contributed by atoms with Gasteiger partial charge >= 0.3 is 5.97 Å². The molecule has 0 aromatic carbocycles. The Hall–Kier alpha value is -0.570. The molecule has 6 nitrogen and oxygen atoms in total. The van der Waals surface area contributed by atoms with Gasteiger partial charge in [0.05, 0.1) is 12.5 Å². The maximum absolute atomic E-state index is 12.1. The third-order valence-electron chi connectivity index (χ3n) is 5.74. The number of methoxy groups -OCH3 is 1. The van der Waals surface area contributed by atoms with E-state index in [4.69, 9.17) is 14.5 Å². The highest BCUT2D eigenvalue weighted by Gasteiger charge is 2.34. The number of ether oxygens (including phenoxy) is 2. The zero-order valence-electron chi connectivity index (χ0n) is 17.3. The predicted molar refractivity (Wildman–Crippen MR) is 120 cm³/mol. The van der Waals surface area contributed by atoms with E-state index >= 15 is 0 Å². The van der Waals surface area contributed by atoms with Crippen molar-refractivity contribution in [1.29, 1.82) is 0 Å². The lowest BCUT2D eigenvalue weighted by Crippen LogP contribution is -2.48. The monoisotopic (exact) mass is 495 g/mol.